The van der Waals surface area contributed by atoms with Crippen molar-refractivity contribution in [1.29, 1.82) is 0 Å². The highest BCUT2D eigenvalue weighted by molar-refractivity contribution is 5.83. The monoisotopic (exact) mass is 574 g/mol. The second-order valence-electron chi connectivity index (χ2n) is 10.7. The SMILES string of the molecule is Cc1ccc(-c2ccn3nc(NC(=O)OC(C)(C)C)nc3c2)c(F)c1OCCC(F)(F)C(C)(O)c1ccc(F)cc1. The minimum absolute atomic E-state index is 0.0118. The van der Waals surface area contributed by atoms with Crippen LogP contribution in [0.25, 0.3) is 16.8 Å². The molecule has 1 amide bonds. The maximum atomic E-state index is 15.6. The lowest BCUT2D eigenvalue weighted by Gasteiger charge is -2.33. The average molecular weight is 575 g/mol. The molecule has 0 bridgehead atoms. The van der Waals surface area contributed by atoms with Gasteiger partial charge in [-0.3, -0.25) is 5.32 Å². The first-order chi connectivity index (χ1) is 19.1. The van der Waals surface area contributed by atoms with E-state index in [1.807, 2.05) is 0 Å². The first-order valence-corrected chi connectivity index (χ1v) is 12.7. The van der Waals surface area contributed by atoms with Crippen molar-refractivity contribution in [3.05, 3.63) is 77.5 Å². The fourth-order valence-corrected chi connectivity index (χ4v) is 4.06. The highest BCUT2D eigenvalue weighted by atomic mass is 19.3. The minimum atomic E-state index is -3.67. The van der Waals surface area contributed by atoms with Gasteiger partial charge in [-0.1, -0.05) is 24.3 Å². The molecule has 2 aromatic carbocycles. The van der Waals surface area contributed by atoms with Crippen molar-refractivity contribution >= 4 is 17.7 Å². The van der Waals surface area contributed by atoms with E-state index >= 15 is 4.39 Å². The number of nitrogens with zero attached hydrogens (tertiary/aromatic N) is 3. The summed E-state index contributed by atoms with van der Waals surface area (Å²) in [6, 6.07) is 10.4. The number of nitrogens with one attached hydrogen (secondary N) is 1. The number of carbonyl (C=O) groups is 1. The molecule has 41 heavy (non-hydrogen) atoms. The number of halogens is 4. The summed E-state index contributed by atoms with van der Waals surface area (Å²) in [6.45, 7) is 7.05. The molecule has 0 aliphatic rings. The van der Waals surface area contributed by atoms with Gasteiger partial charge in [-0.15, -0.1) is 5.10 Å². The van der Waals surface area contributed by atoms with Crippen LogP contribution in [-0.2, 0) is 10.3 Å². The third-order valence-corrected chi connectivity index (χ3v) is 6.34. The van der Waals surface area contributed by atoms with E-state index in [1.165, 1.54) is 16.8 Å². The van der Waals surface area contributed by atoms with Crippen molar-refractivity contribution in [3.8, 4) is 16.9 Å². The number of anilines is 1. The Hall–Kier alpha value is -4.19. The van der Waals surface area contributed by atoms with Crippen molar-refractivity contribution in [3.63, 3.8) is 0 Å². The molecule has 2 heterocycles. The molecule has 1 atom stereocenters. The molecule has 0 aliphatic carbocycles. The Morgan fingerprint density at radius 3 is 2.39 bits per heavy atom. The molecule has 8 nitrogen and oxygen atoms in total. The largest absolute Gasteiger partial charge is 0.490 e. The first-order valence-electron chi connectivity index (χ1n) is 12.7. The van der Waals surface area contributed by atoms with Gasteiger partial charge in [-0.2, -0.15) is 4.98 Å². The second kappa shape index (κ2) is 11.0. The summed E-state index contributed by atoms with van der Waals surface area (Å²) in [5, 5.41) is 17.1. The maximum absolute atomic E-state index is 15.6. The molecule has 2 aromatic heterocycles. The summed E-state index contributed by atoms with van der Waals surface area (Å²) in [7, 11) is 0. The number of fused-ring (bicyclic) bond motifs is 1. The van der Waals surface area contributed by atoms with Crippen molar-refractivity contribution in [2.45, 2.75) is 58.2 Å². The van der Waals surface area contributed by atoms with Crippen LogP contribution in [-0.4, -0.2) is 43.9 Å². The van der Waals surface area contributed by atoms with Gasteiger partial charge < -0.3 is 14.6 Å². The van der Waals surface area contributed by atoms with Crippen LogP contribution < -0.4 is 10.1 Å². The van der Waals surface area contributed by atoms with Gasteiger partial charge in [0.05, 0.1) is 6.61 Å². The lowest BCUT2D eigenvalue weighted by molar-refractivity contribution is -0.184. The lowest BCUT2D eigenvalue weighted by Crippen LogP contribution is -2.43. The summed E-state index contributed by atoms with van der Waals surface area (Å²) in [5.74, 6) is -5.29. The molecule has 0 saturated heterocycles. The zero-order valence-corrected chi connectivity index (χ0v) is 23.1. The molecule has 0 radical (unpaired) electrons. The van der Waals surface area contributed by atoms with E-state index in [0.29, 0.717) is 16.8 Å². The lowest BCUT2D eigenvalue weighted by atomic mass is 9.87. The number of aryl methyl sites for hydroxylation is 1. The number of ether oxygens (including phenoxy) is 2. The van der Waals surface area contributed by atoms with Crippen LogP contribution in [0.3, 0.4) is 0 Å². The number of aliphatic hydroxyl groups is 1. The van der Waals surface area contributed by atoms with Crippen LogP contribution >= 0.6 is 0 Å². The summed E-state index contributed by atoms with van der Waals surface area (Å²) in [4.78, 5) is 16.3. The number of hydrogen-bond donors (Lipinski definition) is 2. The van der Waals surface area contributed by atoms with Gasteiger partial charge in [0.2, 0.25) is 0 Å². The Balaban J connectivity index is 1.51. The fourth-order valence-electron chi connectivity index (χ4n) is 4.06. The van der Waals surface area contributed by atoms with Gasteiger partial charge in [0.1, 0.15) is 11.4 Å². The number of amides is 1. The summed E-state index contributed by atoms with van der Waals surface area (Å²) in [5.41, 5.74) is -2.27. The molecule has 1 unspecified atom stereocenters. The van der Waals surface area contributed by atoms with E-state index in [2.05, 4.69) is 15.4 Å². The molecule has 0 spiro atoms. The molecule has 0 fully saturated rings. The Morgan fingerprint density at radius 2 is 1.73 bits per heavy atom. The van der Waals surface area contributed by atoms with Crippen LogP contribution in [0.5, 0.6) is 5.75 Å². The van der Waals surface area contributed by atoms with Crippen LogP contribution in [0.15, 0.2) is 54.7 Å². The standard InChI is InChI=1S/C29H30F4N4O4/c1-17-6-11-21(18-12-14-37-22(16-18)34-25(36-37)35-26(38)41-27(2,3)4)23(31)24(17)40-15-13-29(32,33)28(5,39)19-7-9-20(30)10-8-19/h6-12,14,16,39H,13,15H2,1-5H3,(H,35,36,38). The number of benzene rings is 2. The maximum Gasteiger partial charge on any atom is 0.414 e. The van der Waals surface area contributed by atoms with Crippen LogP contribution in [0.4, 0.5) is 28.3 Å². The molecule has 4 aromatic rings. The molecule has 4 rings (SSSR count). The number of alkyl halides is 2. The van der Waals surface area contributed by atoms with E-state index in [1.54, 1.807) is 45.9 Å². The normalized spacial score (nSPS) is 13.6. The van der Waals surface area contributed by atoms with Crippen molar-refractivity contribution < 1.29 is 36.9 Å². The summed E-state index contributed by atoms with van der Waals surface area (Å²) < 4.78 is 70.8. The number of carbonyl (C=O) groups excluding carboxylic acids is 1. The molecule has 0 saturated carbocycles. The van der Waals surface area contributed by atoms with E-state index in [4.69, 9.17) is 9.47 Å². The molecule has 0 aliphatic heterocycles. The first kappa shape index (κ1) is 29.8. The van der Waals surface area contributed by atoms with E-state index in [9.17, 15) is 23.1 Å². The molecule has 2 N–H and O–H groups in total. The van der Waals surface area contributed by atoms with Gasteiger partial charge in [0, 0.05) is 18.2 Å². The van der Waals surface area contributed by atoms with Crippen LogP contribution in [0.1, 0.15) is 45.2 Å². The molecule has 12 heteroatoms. The highest BCUT2D eigenvalue weighted by Crippen LogP contribution is 2.40. The van der Waals surface area contributed by atoms with Crippen molar-refractivity contribution in [1.82, 2.24) is 14.6 Å². The minimum Gasteiger partial charge on any atom is -0.490 e. The quantitative estimate of drug-likeness (QED) is 0.229. The van der Waals surface area contributed by atoms with Crippen LogP contribution in [0.2, 0.25) is 0 Å². The Morgan fingerprint density at radius 1 is 1.05 bits per heavy atom. The van der Waals surface area contributed by atoms with Crippen molar-refractivity contribution in [2.75, 3.05) is 11.9 Å². The molecule has 218 valence electrons. The predicted octanol–water partition coefficient (Wildman–Crippen LogP) is 6.64. The summed E-state index contributed by atoms with van der Waals surface area (Å²) in [6.07, 6.45) is -0.139. The number of hydrogen-bond acceptors (Lipinski definition) is 6. The van der Waals surface area contributed by atoms with Gasteiger partial charge in [-0.25, -0.2) is 26.9 Å². The number of aromatic nitrogens is 3. The molecular formula is C29H30F4N4O4. The van der Waals surface area contributed by atoms with E-state index in [-0.39, 0.29) is 22.8 Å². The zero-order chi connectivity index (χ0) is 30.2. The Bertz CT molecular complexity index is 1560. The molecular weight excluding hydrogens is 544 g/mol. The van der Waals surface area contributed by atoms with Gasteiger partial charge in [0.25, 0.3) is 11.9 Å². The summed E-state index contributed by atoms with van der Waals surface area (Å²) >= 11 is 0. The average Bonchev–Trinajstić information content (AvgIpc) is 3.26. The van der Waals surface area contributed by atoms with Gasteiger partial charge >= 0.3 is 6.09 Å². The predicted molar refractivity (Wildman–Crippen MR) is 144 cm³/mol. The number of pyridine rings is 1. The topological polar surface area (TPSA) is 98.0 Å². The fraction of sp³-hybridized carbons (Fsp3) is 0.345. The third kappa shape index (κ3) is 6.59. The Kier molecular flexibility index (Phi) is 7.99. The second-order valence-corrected chi connectivity index (χ2v) is 10.7. The third-order valence-electron chi connectivity index (χ3n) is 6.34. The van der Waals surface area contributed by atoms with Crippen molar-refractivity contribution in [2.24, 2.45) is 0 Å². The zero-order valence-electron chi connectivity index (χ0n) is 23.1. The van der Waals surface area contributed by atoms with Gasteiger partial charge in [-0.05, 0) is 75.6 Å². The van der Waals surface area contributed by atoms with E-state index < -0.39 is 47.9 Å². The van der Waals surface area contributed by atoms with Crippen LogP contribution in [0, 0.1) is 18.6 Å². The smallest absolute Gasteiger partial charge is 0.414 e. The number of rotatable bonds is 8. The van der Waals surface area contributed by atoms with E-state index in [0.717, 1.165) is 31.2 Å². The highest BCUT2D eigenvalue weighted by Gasteiger charge is 2.50. The van der Waals surface area contributed by atoms with Gasteiger partial charge in [0.15, 0.2) is 22.8 Å². The Labute approximate surface area is 233 Å².